The van der Waals surface area contributed by atoms with Gasteiger partial charge in [0, 0.05) is 52.8 Å². The minimum atomic E-state index is -3.62. The van der Waals surface area contributed by atoms with E-state index in [-0.39, 0.29) is 0 Å². The van der Waals surface area contributed by atoms with Crippen molar-refractivity contribution in [1.82, 2.24) is 13.3 Å². The van der Waals surface area contributed by atoms with Gasteiger partial charge in [0.1, 0.15) is 0 Å². The molecule has 2 heterocycles. The molecule has 0 unspecified atom stereocenters. The van der Waals surface area contributed by atoms with Gasteiger partial charge >= 0.3 is 10.2 Å². The highest BCUT2D eigenvalue weighted by molar-refractivity contribution is 9.10. The average molecular weight is 418 g/mol. The Bertz CT molecular complexity index is 1210. The quantitative estimate of drug-likeness (QED) is 0.542. The number of halogens is 1. The first-order valence-corrected chi connectivity index (χ1v) is 9.89. The first kappa shape index (κ1) is 16.4. The molecular weight excluding hydrogens is 402 g/mol. The molecule has 128 valence electrons. The van der Waals surface area contributed by atoms with Crippen LogP contribution in [0.2, 0.25) is 0 Å². The maximum Gasteiger partial charge on any atom is 0.307 e. The van der Waals surface area contributed by atoms with Gasteiger partial charge in [0.25, 0.3) is 0 Å². The lowest BCUT2D eigenvalue weighted by Gasteiger charge is -2.13. The van der Waals surface area contributed by atoms with Gasteiger partial charge in [-0.2, -0.15) is 12.7 Å². The van der Waals surface area contributed by atoms with E-state index >= 15 is 0 Å². The summed E-state index contributed by atoms with van der Waals surface area (Å²) in [5.41, 5.74) is 3.55. The Morgan fingerprint density at radius 2 is 1.84 bits per heavy atom. The second-order valence-electron chi connectivity index (χ2n) is 6.03. The first-order valence-electron chi connectivity index (χ1n) is 7.70. The van der Waals surface area contributed by atoms with Gasteiger partial charge in [-0.3, -0.25) is 0 Å². The minimum Gasteiger partial charge on any atom is -0.361 e. The number of benzene rings is 2. The van der Waals surface area contributed by atoms with Crippen LogP contribution in [-0.2, 0) is 10.2 Å². The molecule has 0 aliphatic rings. The number of rotatable bonds is 3. The highest BCUT2D eigenvalue weighted by Gasteiger charge is 2.22. The number of fused-ring (bicyclic) bond motifs is 2. The largest absolute Gasteiger partial charge is 0.361 e. The number of H-pyrrole nitrogens is 1. The lowest BCUT2D eigenvalue weighted by atomic mass is 10.0. The lowest BCUT2D eigenvalue weighted by molar-refractivity contribution is 0.512. The van der Waals surface area contributed by atoms with Gasteiger partial charge in [0.15, 0.2) is 0 Å². The van der Waals surface area contributed by atoms with E-state index < -0.39 is 10.2 Å². The molecule has 25 heavy (non-hydrogen) atoms. The molecular formula is C18H16BrN3O2S. The van der Waals surface area contributed by atoms with E-state index in [0.29, 0.717) is 5.52 Å². The Morgan fingerprint density at radius 3 is 2.60 bits per heavy atom. The third kappa shape index (κ3) is 2.50. The third-order valence-corrected chi connectivity index (χ3v) is 6.54. The highest BCUT2D eigenvalue weighted by Crippen LogP contribution is 2.37. The number of hydrogen-bond donors (Lipinski definition) is 1. The van der Waals surface area contributed by atoms with Crippen molar-refractivity contribution in [2.24, 2.45) is 0 Å². The molecule has 0 atom stereocenters. The van der Waals surface area contributed by atoms with Crippen LogP contribution < -0.4 is 0 Å². The summed E-state index contributed by atoms with van der Waals surface area (Å²) in [6.45, 7) is 0. The Labute approximate surface area is 154 Å². The molecule has 0 aliphatic heterocycles. The van der Waals surface area contributed by atoms with Gasteiger partial charge in [0.05, 0.1) is 5.52 Å². The van der Waals surface area contributed by atoms with Crippen LogP contribution >= 0.6 is 15.9 Å². The number of hydrogen-bond acceptors (Lipinski definition) is 2. The van der Waals surface area contributed by atoms with Gasteiger partial charge in [-0.1, -0.05) is 28.1 Å². The van der Waals surface area contributed by atoms with Crippen LogP contribution in [0.15, 0.2) is 59.3 Å². The van der Waals surface area contributed by atoms with Crippen LogP contribution in [-0.4, -0.2) is 35.8 Å². The molecule has 2 aromatic carbocycles. The molecule has 0 fully saturated rings. The fourth-order valence-electron chi connectivity index (χ4n) is 3.07. The highest BCUT2D eigenvalue weighted by atomic mass is 79.9. The molecule has 1 N–H and O–H groups in total. The fraction of sp³-hybridized carbons (Fsp3) is 0.111. The predicted molar refractivity (Wildman–Crippen MR) is 105 cm³/mol. The number of aromatic amines is 1. The van der Waals surface area contributed by atoms with Crippen molar-refractivity contribution in [2.45, 2.75) is 0 Å². The van der Waals surface area contributed by atoms with Gasteiger partial charge in [-0.15, -0.1) is 0 Å². The smallest absolute Gasteiger partial charge is 0.307 e. The molecule has 0 radical (unpaired) electrons. The summed E-state index contributed by atoms with van der Waals surface area (Å²) < 4.78 is 29.0. The predicted octanol–water partition coefficient (Wildman–Crippen LogP) is 4.21. The Hall–Kier alpha value is -2.09. The Morgan fingerprint density at radius 1 is 1.04 bits per heavy atom. The molecule has 0 saturated heterocycles. The van der Waals surface area contributed by atoms with Crippen LogP contribution in [0.1, 0.15) is 0 Å². The lowest BCUT2D eigenvalue weighted by Crippen LogP contribution is -2.28. The van der Waals surface area contributed by atoms with Crippen molar-refractivity contribution in [2.75, 3.05) is 14.1 Å². The van der Waals surface area contributed by atoms with Crippen LogP contribution in [0.25, 0.3) is 32.9 Å². The maximum absolute atomic E-state index is 12.8. The molecule has 5 nitrogen and oxygen atoms in total. The molecule has 7 heteroatoms. The second kappa shape index (κ2) is 5.72. The van der Waals surface area contributed by atoms with Crippen LogP contribution in [0, 0.1) is 0 Å². The van der Waals surface area contributed by atoms with E-state index in [2.05, 4.69) is 20.9 Å². The monoisotopic (exact) mass is 417 g/mol. The Kier molecular flexibility index (Phi) is 3.75. The summed E-state index contributed by atoms with van der Waals surface area (Å²) >= 11 is 3.49. The Balaban J connectivity index is 2.12. The summed E-state index contributed by atoms with van der Waals surface area (Å²) in [5, 5.41) is 1.94. The number of nitrogens with zero attached hydrogens (tertiary/aromatic N) is 2. The van der Waals surface area contributed by atoms with E-state index in [9.17, 15) is 8.42 Å². The molecule has 0 saturated carbocycles. The zero-order chi connectivity index (χ0) is 17.8. The topological polar surface area (TPSA) is 58.1 Å². The molecule has 4 aromatic rings. The third-order valence-electron chi connectivity index (χ3n) is 4.33. The van der Waals surface area contributed by atoms with Gasteiger partial charge < -0.3 is 4.98 Å². The standard InChI is InChI=1S/C18H16BrN3O2S/c1-21(2)25(23,24)22-11-16(15-10-12(19)6-7-18(15)22)13-4-3-5-17-14(13)8-9-20-17/h3-11,20H,1-2H3. The first-order chi connectivity index (χ1) is 11.9. The van der Waals surface area contributed by atoms with Crippen LogP contribution in [0.3, 0.4) is 0 Å². The van der Waals surface area contributed by atoms with E-state index in [1.54, 1.807) is 6.20 Å². The molecule has 0 amide bonds. The summed E-state index contributed by atoms with van der Waals surface area (Å²) in [4.78, 5) is 3.20. The van der Waals surface area contributed by atoms with Crippen molar-refractivity contribution in [3.63, 3.8) is 0 Å². The summed E-state index contributed by atoms with van der Waals surface area (Å²) in [6, 6.07) is 13.6. The van der Waals surface area contributed by atoms with E-state index in [4.69, 9.17) is 0 Å². The fourth-order valence-corrected chi connectivity index (χ4v) is 4.43. The molecule has 0 bridgehead atoms. The van der Waals surface area contributed by atoms with Crippen molar-refractivity contribution >= 4 is 47.9 Å². The summed E-state index contributed by atoms with van der Waals surface area (Å²) in [7, 11) is -0.548. The van der Waals surface area contributed by atoms with E-state index in [1.807, 2.05) is 48.7 Å². The molecule has 0 aliphatic carbocycles. The zero-order valence-corrected chi connectivity index (χ0v) is 16.1. The van der Waals surface area contributed by atoms with Crippen molar-refractivity contribution in [3.8, 4) is 11.1 Å². The summed E-state index contributed by atoms with van der Waals surface area (Å²) in [5.74, 6) is 0. The SMILES string of the molecule is CN(C)S(=O)(=O)n1cc(-c2cccc3[nH]ccc23)c2cc(Br)ccc21. The molecule has 2 aromatic heterocycles. The van der Waals surface area contributed by atoms with E-state index in [0.717, 1.165) is 31.9 Å². The molecule has 0 spiro atoms. The average Bonchev–Trinajstić information content (AvgIpc) is 3.18. The second-order valence-corrected chi connectivity index (χ2v) is 8.97. The normalized spacial score (nSPS) is 12.5. The van der Waals surface area contributed by atoms with Gasteiger partial charge in [-0.25, -0.2) is 3.97 Å². The number of nitrogens with one attached hydrogen (secondary N) is 1. The van der Waals surface area contributed by atoms with Crippen molar-refractivity contribution < 1.29 is 8.42 Å². The van der Waals surface area contributed by atoms with Crippen molar-refractivity contribution in [1.29, 1.82) is 0 Å². The number of aromatic nitrogens is 2. The van der Waals surface area contributed by atoms with Gasteiger partial charge in [0.2, 0.25) is 0 Å². The zero-order valence-electron chi connectivity index (χ0n) is 13.7. The molecule has 4 rings (SSSR count). The van der Waals surface area contributed by atoms with Gasteiger partial charge in [-0.05, 0) is 35.9 Å². The van der Waals surface area contributed by atoms with Crippen LogP contribution in [0.5, 0.6) is 0 Å². The van der Waals surface area contributed by atoms with E-state index in [1.165, 1.54) is 22.4 Å². The van der Waals surface area contributed by atoms with Crippen LogP contribution in [0.4, 0.5) is 0 Å². The van der Waals surface area contributed by atoms with Crippen molar-refractivity contribution in [3.05, 3.63) is 59.3 Å². The minimum absolute atomic E-state index is 0.652. The summed E-state index contributed by atoms with van der Waals surface area (Å²) in [6.07, 6.45) is 3.59. The maximum atomic E-state index is 12.8.